The van der Waals surface area contributed by atoms with Gasteiger partial charge in [0.2, 0.25) is 5.43 Å². The summed E-state index contributed by atoms with van der Waals surface area (Å²) in [6.45, 7) is 2.67. The van der Waals surface area contributed by atoms with E-state index in [4.69, 9.17) is 0 Å². The summed E-state index contributed by atoms with van der Waals surface area (Å²) < 4.78 is 17.1. The normalized spacial score (nSPS) is 24.3. The number of amides is 1. The number of nitrogens with zero attached hydrogens (tertiary/aromatic N) is 3. The van der Waals surface area contributed by atoms with Crippen LogP contribution in [0.1, 0.15) is 51.1 Å². The molecule has 3 aromatic rings. The summed E-state index contributed by atoms with van der Waals surface area (Å²) in [5.41, 5.74) is 3.24. The minimum absolute atomic E-state index is 0.0112. The second-order valence-corrected chi connectivity index (χ2v) is 10.5. The molecule has 1 fully saturated rings. The van der Waals surface area contributed by atoms with Gasteiger partial charge in [0.1, 0.15) is 18.0 Å². The van der Waals surface area contributed by atoms with Crippen LogP contribution in [-0.4, -0.2) is 33.8 Å². The van der Waals surface area contributed by atoms with Crippen molar-refractivity contribution in [1.29, 1.82) is 0 Å². The third-order valence-electron chi connectivity index (χ3n) is 8.47. The number of rotatable bonds is 3. The Morgan fingerprint density at radius 1 is 1.06 bits per heavy atom. The molecule has 0 radical (unpaired) electrons. The first-order valence-electron chi connectivity index (χ1n) is 12.3. The van der Waals surface area contributed by atoms with Crippen LogP contribution >= 0.6 is 0 Å². The lowest BCUT2D eigenvalue weighted by molar-refractivity contribution is 0.0637. The summed E-state index contributed by atoms with van der Waals surface area (Å²) in [6, 6.07) is 13.4. The van der Waals surface area contributed by atoms with E-state index in [0.717, 1.165) is 36.0 Å². The summed E-state index contributed by atoms with van der Waals surface area (Å²) in [5.74, 6) is -0.548. The summed E-state index contributed by atoms with van der Waals surface area (Å²) in [7, 11) is 0. The van der Waals surface area contributed by atoms with Crippen molar-refractivity contribution in [3.63, 3.8) is 0 Å². The molecule has 4 aliphatic rings. The largest absolute Gasteiger partial charge is 0.502 e. The van der Waals surface area contributed by atoms with Crippen LogP contribution in [0.15, 0.2) is 53.5 Å². The molecule has 2 heterocycles. The molecule has 2 unspecified atom stereocenters. The quantitative estimate of drug-likeness (QED) is 0.636. The van der Waals surface area contributed by atoms with Gasteiger partial charge in [-0.3, -0.25) is 19.3 Å². The Morgan fingerprint density at radius 3 is 2.66 bits per heavy atom. The zero-order valence-electron chi connectivity index (χ0n) is 19.5. The van der Waals surface area contributed by atoms with Crippen LogP contribution in [0.25, 0.3) is 0 Å². The molecule has 1 N–H and O–H groups in total. The molecule has 1 amide bonds. The van der Waals surface area contributed by atoms with Crippen molar-refractivity contribution < 1.29 is 14.3 Å². The smallest absolute Gasteiger partial charge is 0.277 e. The van der Waals surface area contributed by atoms with Gasteiger partial charge in [0.05, 0.1) is 0 Å². The lowest BCUT2D eigenvalue weighted by Gasteiger charge is -2.50. The molecule has 0 spiro atoms. The fraction of sp³-hybridized carbons (Fsp3) is 0.357. The SMILES string of the molecule is Cc1ccc2c(c1F)CC1Cc3ccccc3C21N1CN(CC2CC2)C(=O)c2c(O)c(=O)ccn21. The molecule has 2 aromatic carbocycles. The number of hydrogen-bond acceptors (Lipinski definition) is 4. The number of fused-ring (bicyclic) bond motifs is 6. The van der Waals surface area contributed by atoms with E-state index >= 15 is 4.39 Å². The van der Waals surface area contributed by atoms with Crippen LogP contribution < -0.4 is 10.4 Å². The van der Waals surface area contributed by atoms with Gasteiger partial charge in [-0.25, -0.2) is 4.39 Å². The molecular weight excluding hydrogens is 445 g/mol. The van der Waals surface area contributed by atoms with Crippen molar-refractivity contribution in [3.05, 3.63) is 98.2 Å². The first-order valence-corrected chi connectivity index (χ1v) is 12.3. The van der Waals surface area contributed by atoms with E-state index in [1.165, 1.54) is 11.6 Å². The fourth-order valence-corrected chi connectivity index (χ4v) is 6.71. The van der Waals surface area contributed by atoms with Gasteiger partial charge in [-0.1, -0.05) is 36.4 Å². The molecule has 7 heteroatoms. The molecule has 6 nitrogen and oxygen atoms in total. The predicted octanol–water partition coefficient (Wildman–Crippen LogP) is 3.43. The predicted molar refractivity (Wildman–Crippen MR) is 128 cm³/mol. The van der Waals surface area contributed by atoms with Crippen LogP contribution in [-0.2, 0) is 18.4 Å². The highest BCUT2D eigenvalue weighted by Crippen LogP contribution is 2.57. The number of aryl methyl sites for hydroxylation is 1. The van der Waals surface area contributed by atoms with Crippen LogP contribution in [0.4, 0.5) is 4.39 Å². The van der Waals surface area contributed by atoms with Gasteiger partial charge in [-0.05, 0) is 66.3 Å². The van der Waals surface area contributed by atoms with Crippen molar-refractivity contribution in [2.75, 3.05) is 18.2 Å². The Morgan fingerprint density at radius 2 is 1.86 bits per heavy atom. The summed E-state index contributed by atoms with van der Waals surface area (Å²) in [6.07, 6.45) is 5.10. The highest BCUT2D eigenvalue weighted by Gasteiger charge is 2.59. The Kier molecular flexibility index (Phi) is 4.13. The third-order valence-corrected chi connectivity index (χ3v) is 8.47. The van der Waals surface area contributed by atoms with Crippen molar-refractivity contribution in [2.24, 2.45) is 11.8 Å². The molecule has 7 rings (SSSR count). The van der Waals surface area contributed by atoms with Gasteiger partial charge in [-0.15, -0.1) is 0 Å². The Balaban J connectivity index is 1.53. The average molecular weight is 472 g/mol. The van der Waals surface area contributed by atoms with Crippen LogP contribution in [0.2, 0.25) is 0 Å². The standard InChI is InChI=1S/C28H26FN3O3/c1-16-6-9-22-20(24(16)29)13-19-12-18-4-2-3-5-21(18)28(19,22)32-15-30(14-17-7-8-17)27(35)25-26(34)23(33)10-11-31(25)32/h2-6,9-11,17,19,34H,7-8,12-15H2,1H3. The Labute approximate surface area is 202 Å². The highest BCUT2D eigenvalue weighted by molar-refractivity contribution is 5.96. The monoisotopic (exact) mass is 471 g/mol. The van der Waals surface area contributed by atoms with E-state index in [1.54, 1.807) is 22.7 Å². The van der Waals surface area contributed by atoms with Crippen molar-refractivity contribution in [2.45, 2.75) is 38.1 Å². The van der Waals surface area contributed by atoms with Gasteiger partial charge in [0.25, 0.3) is 5.91 Å². The maximum absolute atomic E-state index is 15.5. The number of aromatic nitrogens is 1. The van der Waals surface area contributed by atoms with Crippen LogP contribution in [0.5, 0.6) is 5.75 Å². The first-order chi connectivity index (χ1) is 16.9. The van der Waals surface area contributed by atoms with E-state index in [-0.39, 0.29) is 23.3 Å². The van der Waals surface area contributed by atoms with Crippen molar-refractivity contribution >= 4 is 5.91 Å². The lowest BCUT2D eigenvalue weighted by atomic mass is 9.81. The number of hydrogen-bond donors (Lipinski definition) is 1. The van der Waals surface area contributed by atoms with E-state index in [2.05, 4.69) is 17.1 Å². The van der Waals surface area contributed by atoms with E-state index < -0.39 is 16.7 Å². The molecule has 0 saturated heterocycles. The molecular formula is C28H26FN3O3. The first kappa shape index (κ1) is 20.7. The Bertz CT molecular complexity index is 1480. The van der Waals surface area contributed by atoms with Crippen LogP contribution in [0.3, 0.4) is 0 Å². The highest BCUT2D eigenvalue weighted by atomic mass is 19.1. The zero-order chi connectivity index (χ0) is 24.1. The second kappa shape index (κ2) is 6.97. The Hall–Kier alpha value is -3.61. The molecule has 3 aliphatic carbocycles. The molecule has 1 saturated carbocycles. The number of pyridine rings is 1. The molecule has 178 valence electrons. The van der Waals surface area contributed by atoms with Gasteiger partial charge < -0.3 is 10.0 Å². The van der Waals surface area contributed by atoms with Crippen molar-refractivity contribution in [3.8, 4) is 5.75 Å². The van der Waals surface area contributed by atoms with Crippen molar-refractivity contribution in [1.82, 2.24) is 9.58 Å². The number of benzene rings is 2. The molecule has 35 heavy (non-hydrogen) atoms. The van der Waals surface area contributed by atoms with Gasteiger partial charge in [-0.2, -0.15) is 0 Å². The summed E-state index contributed by atoms with van der Waals surface area (Å²) in [4.78, 5) is 27.7. The maximum atomic E-state index is 15.5. The lowest BCUT2D eigenvalue weighted by Crippen LogP contribution is -2.63. The summed E-state index contributed by atoms with van der Waals surface area (Å²) >= 11 is 0. The molecule has 2 atom stereocenters. The minimum Gasteiger partial charge on any atom is -0.502 e. The maximum Gasteiger partial charge on any atom is 0.277 e. The summed E-state index contributed by atoms with van der Waals surface area (Å²) in [5, 5.41) is 12.9. The van der Waals surface area contributed by atoms with E-state index in [0.29, 0.717) is 31.1 Å². The third kappa shape index (κ3) is 2.64. The van der Waals surface area contributed by atoms with E-state index in [1.807, 2.05) is 24.3 Å². The molecule has 0 bridgehead atoms. The number of aromatic hydroxyl groups is 1. The molecule has 1 aromatic heterocycles. The second-order valence-electron chi connectivity index (χ2n) is 10.5. The van der Waals surface area contributed by atoms with Crippen LogP contribution in [0, 0.1) is 24.6 Å². The molecule has 1 aliphatic heterocycles. The van der Waals surface area contributed by atoms with Gasteiger partial charge >= 0.3 is 0 Å². The average Bonchev–Trinajstić information content (AvgIpc) is 3.52. The van der Waals surface area contributed by atoms with Gasteiger partial charge in [0.15, 0.2) is 11.4 Å². The minimum atomic E-state index is -0.723. The number of carbonyl (C=O) groups excluding carboxylic acids is 1. The topological polar surface area (TPSA) is 65.8 Å². The number of carbonyl (C=O) groups is 1. The van der Waals surface area contributed by atoms with E-state index in [9.17, 15) is 14.7 Å². The number of halogens is 1. The fourth-order valence-electron chi connectivity index (χ4n) is 6.71. The van der Waals surface area contributed by atoms with Gasteiger partial charge in [0, 0.05) is 24.7 Å². The zero-order valence-corrected chi connectivity index (χ0v) is 19.5.